The summed E-state index contributed by atoms with van der Waals surface area (Å²) in [5.41, 5.74) is -0.480. The lowest BCUT2D eigenvalue weighted by Gasteiger charge is -2.15. The molecular formula is C19H19F3N3OS+. The molecule has 0 spiro atoms. The lowest BCUT2D eigenvalue weighted by molar-refractivity contribution is -0.855. The molecule has 0 atom stereocenters. The van der Waals surface area contributed by atoms with E-state index in [4.69, 9.17) is 0 Å². The number of fused-ring (bicyclic) bond motifs is 1. The van der Waals surface area contributed by atoms with Crippen molar-refractivity contribution >= 4 is 22.7 Å². The SMILES string of the molecule is C[NH+](C)CCSc1nc2ccccc2c(=O)n1-c1cccc(C(F)(F)F)c1. The molecule has 2 aromatic carbocycles. The van der Waals surface area contributed by atoms with Gasteiger partial charge in [0.25, 0.3) is 5.56 Å². The Morgan fingerprint density at radius 3 is 2.56 bits per heavy atom. The van der Waals surface area contributed by atoms with Crippen LogP contribution in [0.2, 0.25) is 0 Å². The lowest BCUT2D eigenvalue weighted by Crippen LogP contribution is -3.06. The number of rotatable bonds is 5. The molecule has 3 aromatic rings. The number of benzene rings is 2. The summed E-state index contributed by atoms with van der Waals surface area (Å²) in [5, 5.41) is 0.761. The fourth-order valence-electron chi connectivity index (χ4n) is 2.60. The average molecular weight is 394 g/mol. The molecule has 0 saturated heterocycles. The van der Waals surface area contributed by atoms with Gasteiger partial charge in [0.1, 0.15) is 0 Å². The molecule has 0 aliphatic rings. The van der Waals surface area contributed by atoms with E-state index in [2.05, 4.69) is 4.98 Å². The minimum absolute atomic E-state index is 0.160. The van der Waals surface area contributed by atoms with Gasteiger partial charge >= 0.3 is 6.18 Å². The van der Waals surface area contributed by atoms with Crippen LogP contribution in [0.4, 0.5) is 13.2 Å². The monoisotopic (exact) mass is 394 g/mol. The number of hydrogen-bond acceptors (Lipinski definition) is 3. The number of quaternary nitrogens is 1. The van der Waals surface area contributed by atoms with Gasteiger partial charge in [0.05, 0.1) is 48.5 Å². The molecule has 3 rings (SSSR count). The third kappa shape index (κ3) is 4.33. The molecule has 0 amide bonds. The lowest BCUT2D eigenvalue weighted by atomic mass is 10.2. The van der Waals surface area contributed by atoms with Crippen molar-refractivity contribution in [3.8, 4) is 5.69 Å². The Bertz CT molecular complexity index is 1010. The van der Waals surface area contributed by atoms with Gasteiger partial charge in [-0.05, 0) is 30.3 Å². The number of hydrogen-bond donors (Lipinski definition) is 1. The molecule has 1 heterocycles. The maximum Gasteiger partial charge on any atom is 0.416 e. The van der Waals surface area contributed by atoms with Gasteiger partial charge in [-0.2, -0.15) is 13.2 Å². The average Bonchev–Trinajstić information content (AvgIpc) is 2.61. The van der Waals surface area contributed by atoms with Crippen LogP contribution < -0.4 is 10.5 Å². The topological polar surface area (TPSA) is 39.3 Å². The summed E-state index contributed by atoms with van der Waals surface area (Å²) in [6.07, 6.45) is -4.48. The highest BCUT2D eigenvalue weighted by molar-refractivity contribution is 7.99. The maximum atomic E-state index is 13.1. The molecule has 0 fully saturated rings. The summed E-state index contributed by atoms with van der Waals surface area (Å²) in [7, 11) is 4.02. The zero-order valence-corrected chi connectivity index (χ0v) is 15.7. The van der Waals surface area contributed by atoms with Crippen molar-refractivity contribution in [2.75, 3.05) is 26.4 Å². The number of thioether (sulfide) groups is 1. The quantitative estimate of drug-likeness (QED) is 0.534. The van der Waals surface area contributed by atoms with Crippen LogP contribution in [0.15, 0.2) is 58.5 Å². The van der Waals surface area contributed by atoms with Crippen LogP contribution in [0.5, 0.6) is 0 Å². The molecule has 4 nitrogen and oxygen atoms in total. The molecule has 0 radical (unpaired) electrons. The second-order valence-electron chi connectivity index (χ2n) is 6.41. The smallest absolute Gasteiger partial charge is 0.339 e. The Balaban J connectivity index is 2.17. The molecule has 0 aliphatic carbocycles. The number of aromatic nitrogens is 2. The highest BCUT2D eigenvalue weighted by Crippen LogP contribution is 2.31. The molecule has 0 aliphatic heterocycles. The normalized spacial score (nSPS) is 12.1. The Hall–Kier alpha value is -2.32. The van der Waals surface area contributed by atoms with Gasteiger partial charge in [-0.3, -0.25) is 9.36 Å². The van der Waals surface area contributed by atoms with E-state index in [1.807, 2.05) is 14.1 Å². The second-order valence-corrected chi connectivity index (χ2v) is 7.47. The van der Waals surface area contributed by atoms with Crippen molar-refractivity contribution in [3.05, 3.63) is 64.4 Å². The van der Waals surface area contributed by atoms with Gasteiger partial charge in [0.15, 0.2) is 5.16 Å². The van der Waals surface area contributed by atoms with E-state index in [0.717, 1.165) is 18.7 Å². The third-order valence-corrected chi connectivity index (χ3v) is 4.95. The zero-order valence-electron chi connectivity index (χ0n) is 14.9. The molecule has 27 heavy (non-hydrogen) atoms. The largest absolute Gasteiger partial charge is 0.416 e. The Morgan fingerprint density at radius 2 is 1.85 bits per heavy atom. The van der Waals surface area contributed by atoms with E-state index in [1.54, 1.807) is 24.3 Å². The van der Waals surface area contributed by atoms with Crippen molar-refractivity contribution in [2.24, 2.45) is 0 Å². The summed E-state index contributed by atoms with van der Waals surface area (Å²) in [6, 6.07) is 11.6. The van der Waals surface area contributed by atoms with E-state index in [-0.39, 0.29) is 11.2 Å². The first-order valence-electron chi connectivity index (χ1n) is 8.38. The molecular weight excluding hydrogens is 375 g/mol. The first kappa shape index (κ1) is 19.4. The first-order chi connectivity index (χ1) is 12.8. The van der Waals surface area contributed by atoms with Crippen LogP contribution in [-0.2, 0) is 6.18 Å². The molecule has 142 valence electrons. The number of para-hydroxylation sites is 1. The van der Waals surface area contributed by atoms with Gasteiger partial charge < -0.3 is 4.90 Å². The number of alkyl halides is 3. The van der Waals surface area contributed by atoms with Crippen molar-refractivity contribution in [1.29, 1.82) is 0 Å². The second kappa shape index (κ2) is 7.74. The van der Waals surface area contributed by atoms with Gasteiger partial charge in [-0.25, -0.2) is 4.98 Å². The van der Waals surface area contributed by atoms with Crippen LogP contribution >= 0.6 is 11.8 Å². The molecule has 1 aromatic heterocycles. The highest BCUT2D eigenvalue weighted by atomic mass is 32.2. The number of halogens is 3. The van der Waals surface area contributed by atoms with Crippen LogP contribution in [-0.4, -0.2) is 35.9 Å². The standard InChI is InChI=1S/C19H18F3N3OS/c1-24(2)10-11-27-18-23-16-9-4-3-8-15(16)17(26)25(18)14-7-5-6-13(12-14)19(20,21)22/h3-9,12H,10-11H2,1-2H3/p+1. The third-order valence-electron chi connectivity index (χ3n) is 4.01. The molecule has 0 unspecified atom stereocenters. The van der Waals surface area contributed by atoms with Crippen LogP contribution in [0.1, 0.15) is 5.56 Å². The Kier molecular flexibility index (Phi) is 5.57. The summed E-state index contributed by atoms with van der Waals surface area (Å²) < 4.78 is 40.6. The van der Waals surface area contributed by atoms with E-state index >= 15 is 0 Å². The number of nitrogens with zero attached hydrogens (tertiary/aromatic N) is 2. The molecule has 8 heteroatoms. The fourth-order valence-corrected chi connectivity index (χ4v) is 3.78. The van der Waals surface area contributed by atoms with Gasteiger partial charge in [0.2, 0.25) is 0 Å². The van der Waals surface area contributed by atoms with Crippen molar-refractivity contribution in [3.63, 3.8) is 0 Å². The molecule has 1 N–H and O–H groups in total. The minimum atomic E-state index is -4.48. The summed E-state index contributed by atoms with van der Waals surface area (Å²) in [5.74, 6) is 0.687. The van der Waals surface area contributed by atoms with Crippen LogP contribution in [0.3, 0.4) is 0 Å². The van der Waals surface area contributed by atoms with E-state index < -0.39 is 11.7 Å². The zero-order chi connectivity index (χ0) is 19.6. The summed E-state index contributed by atoms with van der Waals surface area (Å²) in [4.78, 5) is 18.8. The Labute approximate surface area is 158 Å². The van der Waals surface area contributed by atoms with E-state index in [1.165, 1.54) is 33.4 Å². The van der Waals surface area contributed by atoms with Gasteiger partial charge in [0, 0.05) is 0 Å². The van der Waals surface area contributed by atoms with Gasteiger partial charge in [-0.15, -0.1) is 0 Å². The van der Waals surface area contributed by atoms with Crippen molar-refractivity contribution in [2.45, 2.75) is 11.3 Å². The number of nitrogens with one attached hydrogen (secondary N) is 1. The summed E-state index contributed by atoms with van der Waals surface area (Å²) >= 11 is 1.36. The van der Waals surface area contributed by atoms with Crippen LogP contribution in [0, 0.1) is 0 Å². The van der Waals surface area contributed by atoms with Crippen molar-refractivity contribution in [1.82, 2.24) is 9.55 Å². The summed E-state index contributed by atoms with van der Waals surface area (Å²) in [6.45, 7) is 0.829. The molecule has 0 bridgehead atoms. The maximum absolute atomic E-state index is 13.1. The van der Waals surface area contributed by atoms with Crippen molar-refractivity contribution < 1.29 is 18.1 Å². The Morgan fingerprint density at radius 1 is 1.11 bits per heavy atom. The minimum Gasteiger partial charge on any atom is -0.339 e. The van der Waals surface area contributed by atoms with E-state index in [9.17, 15) is 18.0 Å². The fraction of sp³-hybridized carbons (Fsp3) is 0.263. The van der Waals surface area contributed by atoms with E-state index in [0.29, 0.717) is 21.8 Å². The first-order valence-corrected chi connectivity index (χ1v) is 9.37. The van der Waals surface area contributed by atoms with Gasteiger partial charge in [-0.1, -0.05) is 30.0 Å². The predicted octanol–water partition coefficient (Wildman–Crippen LogP) is 2.64. The highest BCUT2D eigenvalue weighted by Gasteiger charge is 2.30. The predicted molar refractivity (Wildman–Crippen MR) is 101 cm³/mol. The van der Waals surface area contributed by atoms with Crippen LogP contribution in [0.25, 0.3) is 16.6 Å². The molecule has 0 saturated carbocycles.